The summed E-state index contributed by atoms with van der Waals surface area (Å²) in [5, 5.41) is 10.7. The van der Waals surface area contributed by atoms with Crippen LogP contribution in [0, 0.1) is 0 Å². The number of aryl methyl sites for hydroxylation is 1. The fourth-order valence-corrected chi connectivity index (χ4v) is 2.53. The number of nitrogens with two attached hydrogens (primary N) is 1. The summed E-state index contributed by atoms with van der Waals surface area (Å²) in [5.41, 5.74) is 7.93. The average Bonchev–Trinajstić information content (AvgIpc) is 3.02. The van der Waals surface area contributed by atoms with Gasteiger partial charge in [-0.3, -0.25) is 9.59 Å². The highest BCUT2D eigenvalue weighted by molar-refractivity contribution is 5.99. The Morgan fingerprint density at radius 3 is 2.62 bits per heavy atom. The summed E-state index contributed by atoms with van der Waals surface area (Å²) in [6.45, 7) is 2.66. The van der Waals surface area contributed by atoms with E-state index in [0.29, 0.717) is 23.2 Å². The Kier molecular flexibility index (Phi) is 4.24. The fraction of sp³-hybridized carbons (Fsp3) is 0.176. The van der Waals surface area contributed by atoms with Crippen molar-refractivity contribution in [3.05, 3.63) is 59.7 Å². The van der Waals surface area contributed by atoms with Crippen LogP contribution in [-0.2, 0) is 11.3 Å². The zero-order valence-corrected chi connectivity index (χ0v) is 13.1. The Balaban J connectivity index is 1.86. The molecule has 24 heavy (non-hydrogen) atoms. The van der Waals surface area contributed by atoms with Gasteiger partial charge in [-0.25, -0.2) is 4.68 Å². The monoisotopic (exact) mass is 323 g/mol. The largest absolute Gasteiger partial charge is 0.368 e. The number of rotatable bonds is 5. The minimum absolute atomic E-state index is 0.393. The predicted molar refractivity (Wildman–Crippen MR) is 89.0 cm³/mol. The van der Waals surface area contributed by atoms with Gasteiger partial charge in [0.15, 0.2) is 0 Å². The molecule has 0 aliphatic rings. The van der Waals surface area contributed by atoms with Crippen LogP contribution in [-0.4, -0.2) is 26.8 Å². The van der Waals surface area contributed by atoms with Gasteiger partial charge in [-0.1, -0.05) is 35.5 Å². The van der Waals surface area contributed by atoms with E-state index in [1.165, 1.54) is 0 Å². The van der Waals surface area contributed by atoms with Crippen LogP contribution in [0.25, 0.3) is 11.0 Å². The lowest BCUT2D eigenvalue weighted by atomic mass is 10.1. The molecule has 1 heterocycles. The van der Waals surface area contributed by atoms with Gasteiger partial charge >= 0.3 is 0 Å². The van der Waals surface area contributed by atoms with Gasteiger partial charge < -0.3 is 11.1 Å². The SMILES string of the molecule is CCn1nnc2cc(C(=O)N[C@@H](C(N)=O)c3ccccc3)ccc21. The van der Waals surface area contributed by atoms with Crippen LogP contribution in [0.5, 0.6) is 0 Å². The van der Waals surface area contributed by atoms with Gasteiger partial charge in [0.05, 0.1) is 5.52 Å². The van der Waals surface area contributed by atoms with Gasteiger partial charge in [-0.05, 0) is 30.7 Å². The Morgan fingerprint density at radius 2 is 1.96 bits per heavy atom. The highest BCUT2D eigenvalue weighted by atomic mass is 16.2. The number of amides is 2. The van der Waals surface area contributed by atoms with Crippen molar-refractivity contribution in [3.63, 3.8) is 0 Å². The van der Waals surface area contributed by atoms with E-state index in [1.807, 2.05) is 13.0 Å². The van der Waals surface area contributed by atoms with Gasteiger partial charge in [0.2, 0.25) is 5.91 Å². The topological polar surface area (TPSA) is 103 Å². The zero-order chi connectivity index (χ0) is 17.1. The maximum absolute atomic E-state index is 12.5. The van der Waals surface area contributed by atoms with Crippen molar-refractivity contribution in [3.8, 4) is 0 Å². The summed E-state index contributed by atoms with van der Waals surface area (Å²) in [7, 11) is 0. The normalized spacial score (nSPS) is 12.0. The second-order valence-electron chi connectivity index (χ2n) is 5.33. The molecule has 0 aliphatic heterocycles. The van der Waals surface area contributed by atoms with Gasteiger partial charge in [-0.2, -0.15) is 0 Å². The first-order chi connectivity index (χ1) is 11.6. The van der Waals surface area contributed by atoms with Crippen molar-refractivity contribution >= 4 is 22.8 Å². The Labute approximate surface area is 138 Å². The zero-order valence-electron chi connectivity index (χ0n) is 13.1. The van der Waals surface area contributed by atoms with E-state index in [4.69, 9.17) is 5.73 Å². The van der Waals surface area contributed by atoms with E-state index in [2.05, 4.69) is 15.6 Å². The molecular formula is C17H17N5O2. The van der Waals surface area contributed by atoms with E-state index in [9.17, 15) is 9.59 Å². The van der Waals surface area contributed by atoms with E-state index < -0.39 is 17.9 Å². The lowest BCUT2D eigenvalue weighted by Gasteiger charge is -2.15. The molecule has 0 bridgehead atoms. The van der Waals surface area contributed by atoms with Gasteiger partial charge in [0.25, 0.3) is 5.91 Å². The van der Waals surface area contributed by atoms with Crippen LogP contribution in [0.2, 0.25) is 0 Å². The molecule has 0 saturated heterocycles. The molecule has 7 nitrogen and oxygen atoms in total. The number of primary amides is 1. The number of nitrogens with one attached hydrogen (secondary N) is 1. The van der Waals surface area contributed by atoms with Gasteiger partial charge in [0, 0.05) is 12.1 Å². The third kappa shape index (κ3) is 2.96. The predicted octanol–water partition coefficient (Wildman–Crippen LogP) is 1.41. The molecule has 0 saturated carbocycles. The number of aromatic nitrogens is 3. The quantitative estimate of drug-likeness (QED) is 0.741. The molecule has 0 unspecified atom stereocenters. The number of carbonyl (C=O) groups excluding carboxylic acids is 2. The van der Waals surface area contributed by atoms with Gasteiger partial charge in [0.1, 0.15) is 11.6 Å². The molecule has 2 aromatic carbocycles. The average molecular weight is 323 g/mol. The number of benzene rings is 2. The molecule has 3 rings (SSSR count). The number of hydrogen-bond donors (Lipinski definition) is 2. The van der Waals surface area contributed by atoms with Crippen molar-refractivity contribution in [2.75, 3.05) is 0 Å². The summed E-state index contributed by atoms with van der Waals surface area (Å²) in [6.07, 6.45) is 0. The lowest BCUT2D eigenvalue weighted by molar-refractivity contribution is -0.120. The third-order valence-electron chi connectivity index (χ3n) is 3.77. The smallest absolute Gasteiger partial charge is 0.252 e. The second-order valence-corrected chi connectivity index (χ2v) is 5.33. The third-order valence-corrected chi connectivity index (χ3v) is 3.77. The fourth-order valence-electron chi connectivity index (χ4n) is 2.53. The van der Waals surface area contributed by atoms with Crippen LogP contribution in [0.1, 0.15) is 28.9 Å². The molecule has 1 atom stereocenters. The molecule has 1 aromatic heterocycles. The Hall–Kier alpha value is -3.22. The minimum atomic E-state index is -0.888. The van der Waals surface area contributed by atoms with E-state index in [0.717, 1.165) is 5.52 Å². The number of carbonyl (C=O) groups is 2. The molecular weight excluding hydrogens is 306 g/mol. The first-order valence-electron chi connectivity index (χ1n) is 7.58. The number of fused-ring (bicyclic) bond motifs is 1. The standard InChI is InChI=1S/C17H17N5O2/c1-2-22-14-9-8-12(10-13(14)20-21-22)17(24)19-15(16(18)23)11-6-4-3-5-7-11/h3-10,15H,2H2,1H3,(H2,18,23)(H,19,24)/t15-/m1/s1. The summed E-state index contributed by atoms with van der Waals surface area (Å²) in [4.78, 5) is 24.2. The lowest BCUT2D eigenvalue weighted by Crippen LogP contribution is -2.37. The molecule has 0 aliphatic carbocycles. The van der Waals surface area contributed by atoms with Crippen LogP contribution in [0.15, 0.2) is 48.5 Å². The summed E-state index contributed by atoms with van der Waals surface area (Å²) in [6, 6.07) is 13.1. The van der Waals surface area contributed by atoms with E-state index in [1.54, 1.807) is 47.1 Å². The van der Waals surface area contributed by atoms with Crippen molar-refractivity contribution in [2.45, 2.75) is 19.5 Å². The van der Waals surface area contributed by atoms with E-state index in [-0.39, 0.29) is 0 Å². The first-order valence-corrected chi connectivity index (χ1v) is 7.58. The maximum Gasteiger partial charge on any atom is 0.252 e. The molecule has 122 valence electrons. The Morgan fingerprint density at radius 1 is 1.21 bits per heavy atom. The minimum Gasteiger partial charge on any atom is -0.368 e. The summed E-state index contributed by atoms with van der Waals surface area (Å²) >= 11 is 0. The number of nitrogens with zero attached hydrogens (tertiary/aromatic N) is 3. The molecule has 7 heteroatoms. The Bertz CT molecular complexity index is 888. The molecule has 2 amide bonds. The highest BCUT2D eigenvalue weighted by Gasteiger charge is 2.21. The number of hydrogen-bond acceptors (Lipinski definition) is 4. The first kappa shape index (κ1) is 15.7. The van der Waals surface area contributed by atoms with Crippen LogP contribution in [0.4, 0.5) is 0 Å². The maximum atomic E-state index is 12.5. The van der Waals surface area contributed by atoms with Crippen molar-refractivity contribution in [1.82, 2.24) is 20.3 Å². The van der Waals surface area contributed by atoms with E-state index >= 15 is 0 Å². The molecule has 3 aromatic rings. The highest BCUT2D eigenvalue weighted by Crippen LogP contribution is 2.16. The molecule has 0 fully saturated rings. The summed E-state index contributed by atoms with van der Waals surface area (Å²) < 4.78 is 1.74. The molecule has 3 N–H and O–H groups in total. The molecule has 0 spiro atoms. The van der Waals surface area contributed by atoms with Gasteiger partial charge in [-0.15, -0.1) is 5.10 Å². The summed E-state index contributed by atoms with van der Waals surface area (Å²) in [5.74, 6) is -1.01. The van der Waals surface area contributed by atoms with Crippen molar-refractivity contribution in [2.24, 2.45) is 5.73 Å². The molecule has 0 radical (unpaired) electrons. The van der Waals surface area contributed by atoms with Crippen molar-refractivity contribution in [1.29, 1.82) is 0 Å². The van der Waals surface area contributed by atoms with Crippen LogP contribution in [0.3, 0.4) is 0 Å². The van der Waals surface area contributed by atoms with Crippen LogP contribution >= 0.6 is 0 Å². The van der Waals surface area contributed by atoms with Crippen molar-refractivity contribution < 1.29 is 9.59 Å². The van der Waals surface area contributed by atoms with Crippen LogP contribution < -0.4 is 11.1 Å². The second kappa shape index (κ2) is 6.49.